The molecule has 6 nitrogen and oxygen atoms in total. The van der Waals surface area contributed by atoms with Gasteiger partial charge >= 0.3 is 0 Å². The van der Waals surface area contributed by atoms with E-state index < -0.39 is 17.5 Å². The van der Waals surface area contributed by atoms with E-state index in [2.05, 4.69) is 15.5 Å². The van der Waals surface area contributed by atoms with Crippen molar-refractivity contribution >= 4 is 23.4 Å². The number of amides is 1. The normalized spacial score (nSPS) is 10.8. The number of methoxy groups -OCH3 is 1. The molecule has 0 unspecified atom stereocenters. The van der Waals surface area contributed by atoms with Crippen molar-refractivity contribution in [1.82, 2.24) is 14.8 Å². The Bertz CT molecular complexity index is 934. The van der Waals surface area contributed by atoms with Crippen LogP contribution < -0.4 is 5.32 Å². The summed E-state index contributed by atoms with van der Waals surface area (Å²) < 4.78 is 33.5. The number of benzene rings is 2. The number of hydrogen-bond acceptors (Lipinski definition) is 5. The van der Waals surface area contributed by atoms with Crippen LogP contribution in [0.1, 0.15) is 5.82 Å². The van der Waals surface area contributed by atoms with Gasteiger partial charge in [0, 0.05) is 18.9 Å². The Kier molecular flexibility index (Phi) is 6.15. The van der Waals surface area contributed by atoms with E-state index in [9.17, 15) is 13.6 Å². The first kappa shape index (κ1) is 19.0. The highest BCUT2D eigenvalue weighted by Crippen LogP contribution is 2.23. The molecule has 1 heterocycles. The molecule has 0 saturated heterocycles. The molecule has 0 radical (unpaired) electrons. The molecule has 1 amide bonds. The maximum absolute atomic E-state index is 13.6. The Hall–Kier alpha value is -2.78. The van der Waals surface area contributed by atoms with Crippen LogP contribution in [0.4, 0.5) is 14.5 Å². The van der Waals surface area contributed by atoms with Gasteiger partial charge in [-0.05, 0) is 24.3 Å². The number of rotatable bonds is 7. The first-order valence-corrected chi connectivity index (χ1v) is 8.93. The van der Waals surface area contributed by atoms with E-state index in [1.165, 1.54) is 6.07 Å². The second kappa shape index (κ2) is 8.74. The Labute approximate surface area is 158 Å². The predicted molar refractivity (Wildman–Crippen MR) is 97.8 cm³/mol. The zero-order valence-corrected chi connectivity index (χ0v) is 15.2. The van der Waals surface area contributed by atoms with E-state index in [1.807, 2.05) is 30.3 Å². The molecular formula is C18H16F2N4O2S. The van der Waals surface area contributed by atoms with Gasteiger partial charge in [-0.15, -0.1) is 10.2 Å². The molecule has 1 N–H and O–H groups in total. The average Bonchev–Trinajstić information content (AvgIpc) is 3.06. The number of aromatic nitrogens is 3. The molecule has 0 aliphatic rings. The monoisotopic (exact) mass is 390 g/mol. The summed E-state index contributed by atoms with van der Waals surface area (Å²) >= 11 is 1.15. The lowest BCUT2D eigenvalue weighted by molar-refractivity contribution is -0.113. The molecule has 0 aliphatic heterocycles. The summed E-state index contributed by atoms with van der Waals surface area (Å²) in [6, 6.07) is 12.4. The van der Waals surface area contributed by atoms with Crippen molar-refractivity contribution in [3.8, 4) is 5.69 Å². The molecule has 0 saturated carbocycles. The van der Waals surface area contributed by atoms with Gasteiger partial charge < -0.3 is 10.1 Å². The van der Waals surface area contributed by atoms with Gasteiger partial charge in [-0.1, -0.05) is 30.0 Å². The lowest BCUT2D eigenvalue weighted by Crippen LogP contribution is -2.15. The number of carbonyl (C=O) groups excluding carboxylic acids is 1. The van der Waals surface area contributed by atoms with E-state index in [-0.39, 0.29) is 18.0 Å². The minimum absolute atomic E-state index is 0.0191. The van der Waals surface area contributed by atoms with Gasteiger partial charge in [0.15, 0.2) is 11.0 Å². The summed E-state index contributed by atoms with van der Waals surface area (Å²) in [5, 5.41) is 11.1. The maximum atomic E-state index is 13.6. The van der Waals surface area contributed by atoms with Gasteiger partial charge in [0.1, 0.15) is 18.2 Å². The third-order valence-corrected chi connectivity index (χ3v) is 4.45. The summed E-state index contributed by atoms with van der Waals surface area (Å²) in [6.45, 7) is 0.259. The summed E-state index contributed by atoms with van der Waals surface area (Å²) in [6.07, 6.45) is 0. The summed E-state index contributed by atoms with van der Waals surface area (Å²) in [7, 11) is 1.56. The first-order valence-electron chi connectivity index (χ1n) is 7.95. The van der Waals surface area contributed by atoms with Crippen LogP contribution in [0.2, 0.25) is 0 Å². The maximum Gasteiger partial charge on any atom is 0.234 e. The third kappa shape index (κ3) is 4.69. The van der Waals surface area contributed by atoms with Crippen molar-refractivity contribution in [3.05, 3.63) is 66.0 Å². The quantitative estimate of drug-likeness (QED) is 0.626. The van der Waals surface area contributed by atoms with E-state index in [4.69, 9.17) is 4.74 Å². The number of thioether (sulfide) groups is 1. The van der Waals surface area contributed by atoms with Crippen molar-refractivity contribution in [1.29, 1.82) is 0 Å². The second-order valence-corrected chi connectivity index (χ2v) is 6.41. The van der Waals surface area contributed by atoms with E-state index in [0.29, 0.717) is 17.0 Å². The predicted octanol–water partition coefficient (Wildman–Crippen LogP) is 3.42. The van der Waals surface area contributed by atoms with Crippen LogP contribution in [0, 0.1) is 11.6 Å². The molecule has 0 atom stereocenters. The summed E-state index contributed by atoms with van der Waals surface area (Å²) in [5.74, 6) is -1.41. The number of halogens is 2. The van der Waals surface area contributed by atoms with Gasteiger partial charge in [0.2, 0.25) is 5.91 Å². The zero-order chi connectivity index (χ0) is 19.2. The first-order chi connectivity index (χ1) is 13.1. The summed E-state index contributed by atoms with van der Waals surface area (Å²) in [5.41, 5.74) is 0.758. The third-order valence-electron chi connectivity index (χ3n) is 3.53. The number of nitrogens with zero attached hydrogens (tertiary/aromatic N) is 3. The number of carbonyl (C=O) groups is 1. The molecule has 3 aromatic rings. The second-order valence-electron chi connectivity index (χ2n) is 5.46. The minimum atomic E-state index is -0.830. The Balaban J connectivity index is 1.73. The molecule has 27 heavy (non-hydrogen) atoms. The highest BCUT2D eigenvalue weighted by atomic mass is 32.2. The molecule has 2 aromatic carbocycles. The number of para-hydroxylation sites is 1. The molecule has 0 aliphatic carbocycles. The van der Waals surface area contributed by atoms with Crippen LogP contribution in [0.3, 0.4) is 0 Å². The van der Waals surface area contributed by atoms with Gasteiger partial charge in [-0.3, -0.25) is 9.36 Å². The molecule has 0 bridgehead atoms. The Morgan fingerprint density at radius 3 is 2.67 bits per heavy atom. The van der Waals surface area contributed by atoms with Gasteiger partial charge in [-0.2, -0.15) is 0 Å². The van der Waals surface area contributed by atoms with Gasteiger partial charge in [0.25, 0.3) is 0 Å². The van der Waals surface area contributed by atoms with Gasteiger partial charge in [0.05, 0.1) is 11.4 Å². The van der Waals surface area contributed by atoms with Crippen LogP contribution in [0.25, 0.3) is 5.69 Å². The van der Waals surface area contributed by atoms with Crippen molar-refractivity contribution < 1.29 is 18.3 Å². The molecule has 140 valence electrons. The fourth-order valence-corrected chi connectivity index (χ4v) is 3.13. The number of ether oxygens (including phenoxy) is 1. The van der Waals surface area contributed by atoms with Crippen molar-refractivity contribution in [2.24, 2.45) is 0 Å². The number of hydrogen-bond donors (Lipinski definition) is 1. The standard InChI is InChI=1S/C18H16F2N4O2S/c1-26-10-16-22-23-18(24(16)13-5-3-2-4-6-13)27-11-17(25)21-15-8-7-12(19)9-14(15)20/h2-9H,10-11H2,1H3,(H,21,25). The van der Waals surface area contributed by atoms with Crippen molar-refractivity contribution in [2.75, 3.05) is 18.2 Å². The summed E-state index contributed by atoms with van der Waals surface area (Å²) in [4.78, 5) is 12.1. The fourth-order valence-electron chi connectivity index (χ4n) is 2.36. The van der Waals surface area contributed by atoms with Crippen LogP contribution in [0.5, 0.6) is 0 Å². The molecule has 1 aromatic heterocycles. The molecular weight excluding hydrogens is 374 g/mol. The van der Waals surface area contributed by atoms with Crippen LogP contribution in [-0.2, 0) is 16.1 Å². The lowest BCUT2D eigenvalue weighted by atomic mass is 10.3. The molecule has 9 heteroatoms. The fraction of sp³-hybridized carbons (Fsp3) is 0.167. The molecule has 0 spiro atoms. The smallest absolute Gasteiger partial charge is 0.234 e. The average molecular weight is 390 g/mol. The lowest BCUT2D eigenvalue weighted by Gasteiger charge is -2.10. The van der Waals surface area contributed by atoms with Gasteiger partial charge in [-0.25, -0.2) is 8.78 Å². The molecule has 3 rings (SSSR count). The minimum Gasteiger partial charge on any atom is -0.377 e. The molecule has 0 fully saturated rings. The van der Waals surface area contributed by atoms with Crippen LogP contribution in [0.15, 0.2) is 53.7 Å². The van der Waals surface area contributed by atoms with Crippen molar-refractivity contribution in [2.45, 2.75) is 11.8 Å². The highest BCUT2D eigenvalue weighted by molar-refractivity contribution is 7.99. The topological polar surface area (TPSA) is 69.0 Å². The highest BCUT2D eigenvalue weighted by Gasteiger charge is 2.16. The largest absolute Gasteiger partial charge is 0.377 e. The zero-order valence-electron chi connectivity index (χ0n) is 14.4. The van der Waals surface area contributed by atoms with E-state index >= 15 is 0 Å². The SMILES string of the molecule is COCc1nnc(SCC(=O)Nc2ccc(F)cc2F)n1-c1ccccc1. The van der Waals surface area contributed by atoms with Crippen LogP contribution in [-0.4, -0.2) is 33.5 Å². The van der Waals surface area contributed by atoms with E-state index in [1.54, 1.807) is 11.7 Å². The Morgan fingerprint density at radius 2 is 1.96 bits per heavy atom. The number of nitrogens with one attached hydrogen (secondary N) is 1. The number of anilines is 1. The van der Waals surface area contributed by atoms with Crippen LogP contribution >= 0.6 is 11.8 Å². The van der Waals surface area contributed by atoms with Crippen molar-refractivity contribution in [3.63, 3.8) is 0 Å². The Morgan fingerprint density at radius 1 is 1.19 bits per heavy atom. The van der Waals surface area contributed by atoms with E-state index in [0.717, 1.165) is 23.5 Å².